The standard InChI is InChI=1S/C16H15FN2O/c1-10-2-5-13(17)9-14(10)19-16(20)12-4-3-11-6-7-18-15(11)8-12/h2-5,8-9,18H,6-7H2,1H3,(H,19,20). The number of anilines is 2. The number of benzene rings is 2. The van der Waals surface area contributed by atoms with Gasteiger partial charge in [-0.2, -0.15) is 0 Å². The maximum Gasteiger partial charge on any atom is 0.255 e. The van der Waals surface area contributed by atoms with Crippen LogP contribution in [-0.4, -0.2) is 12.5 Å². The molecule has 20 heavy (non-hydrogen) atoms. The summed E-state index contributed by atoms with van der Waals surface area (Å²) in [6, 6.07) is 9.96. The number of halogens is 1. The van der Waals surface area contributed by atoms with Crippen molar-refractivity contribution in [1.29, 1.82) is 0 Å². The summed E-state index contributed by atoms with van der Waals surface area (Å²) in [7, 11) is 0. The lowest BCUT2D eigenvalue weighted by Gasteiger charge is -2.09. The highest BCUT2D eigenvalue weighted by Gasteiger charge is 2.14. The summed E-state index contributed by atoms with van der Waals surface area (Å²) in [6.45, 7) is 2.74. The van der Waals surface area contributed by atoms with Crippen molar-refractivity contribution in [3.63, 3.8) is 0 Å². The Labute approximate surface area is 116 Å². The minimum Gasteiger partial charge on any atom is -0.384 e. The first-order chi connectivity index (χ1) is 9.63. The Balaban J connectivity index is 1.84. The Bertz CT molecular complexity index is 682. The molecule has 0 saturated heterocycles. The maximum atomic E-state index is 13.2. The monoisotopic (exact) mass is 270 g/mol. The van der Waals surface area contributed by atoms with E-state index in [2.05, 4.69) is 10.6 Å². The van der Waals surface area contributed by atoms with Crippen LogP contribution in [0.2, 0.25) is 0 Å². The average molecular weight is 270 g/mol. The Morgan fingerprint density at radius 3 is 2.95 bits per heavy atom. The van der Waals surface area contributed by atoms with Crippen LogP contribution in [0, 0.1) is 12.7 Å². The molecule has 1 heterocycles. The molecule has 0 radical (unpaired) electrons. The molecule has 0 spiro atoms. The van der Waals surface area contributed by atoms with Gasteiger partial charge in [0.2, 0.25) is 0 Å². The van der Waals surface area contributed by atoms with Gasteiger partial charge in [0.1, 0.15) is 5.82 Å². The van der Waals surface area contributed by atoms with Gasteiger partial charge in [0, 0.05) is 23.5 Å². The number of carbonyl (C=O) groups is 1. The fourth-order valence-electron chi connectivity index (χ4n) is 2.36. The molecule has 0 bridgehead atoms. The van der Waals surface area contributed by atoms with Gasteiger partial charge in [-0.1, -0.05) is 12.1 Å². The molecule has 0 unspecified atom stereocenters. The predicted molar refractivity (Wildman–Crippen MR) is 77.7 cm³/mol. The van der Waals surface area contributed by atoms with Crippen molar-refractivity contribution < 1.29 is 9.18 Å². The van der Waals surface area contributed by atoms with Crippen LogP contribution in [0.25, 0.3) is 0 Å². The predicted octanol–water partition coefficient (Wildman–Crippen LogP) is 3.35. The van der Waals surface area contributed by atoms with Crippen LogP contribution in [0.5, 0.6) is 0 Å². The van der Waals surface area contributed by atoms with Crippen molar-refractivity contribution in [2.45, 2.75) is 13.3 Å². The van der Waals surface area contributed by atoms with Crippen molar-refractivity contribution >= 4 is 17.3 Å². The van der Waals surface area contributed by atoms with E-state index in [1.54, 1.807) is 12.1 Å². The van der Waals surface area contributed by atoms with Gasteiger partial charge < -0.3 is 10.6 Å². The molecule has 1 aliphatic heterocycles. The number of rotatable bonds is 2. The van der Waals surface area contributed by atoms with Crippen molar-refractivity contribution in [2.24, 2.45) is 0 Å². The van der Waals surface area contributed by atoms with Crippen LogP contribution >= 0.6 is 0 Å². The summed E-state index contributed by atoms with van der Waals surface area (Å²) < 4.78 is 13.2. The second-order valence-electron chi connectivity index (χ2n) is 4.96. The van der Waals surface area contributed by atoms with Crippen molar-refractivity contribution in [2.75, 3.05) is 17.2 Å². The van der Waals surface area contributed by atoms with Crippen molar-refractivity contribution in [1.82, 2.24) is 0 Å². The van der Waals surface area contributed by atoms with Crippen LogP contribution in [0.15, 0.2) is 36.4 Å². The smallest absolute Gasteiger partial charge is 0.255 e. The maximum absolute atomic E-state index is 13.2. The molecule has 102 valence electrons. The van der Waals surface area contributed by atoms with Gasteiger partial charge in [0.15, 0.2) is 0 Å². The molecular formula is C16H15FN2O. The summed E-state index contributed by atoms with van der Waals surface area (Å²) in [5.41, 5.74) is 4.14. The number of fused-ring (bicyclic) bond motifs is 1. The number of carbonyl (C=O) groups excluding carboxylic acids is 1. The van der Waals surface area contributed by atoms with E-state index < -0.39 is 0 Å². The van der Waals surface area contributed by atoms with Crippen molar-refractivity contribution in [3.8, 4) is 0 Å². The molecular weight excluding hydrogens is 255 g/mol. The Kier molecular flexibility index (Phi) is 3.14. The summed E-state index contributed by atoms with van der Waals surface area (Å²) in [4.78, 5) is 12.2. The molecule has 2 aromatic carbocycles. The average Bonchev–Trinajstić information content (AvgIpc) is 2.90. The fourth-order valence-corrected chi connectivity index (χ4v) is 2.36. The quantitative estimate of drug-likeness (QED) is 0.878. The minimum absolute atomic E-state index is 0.227. The first-order valence-electron chi connectivity index (χ1n) is 6.58. The SMILES string of the molecule is Cc1ccc(F)cc1NC(=O)c1ccc2c(c1)NCC2. The third kappa shape index (κ3) is 2.37. The van der Waals surface area contributed by atoms with E-state index in [0.29, 0.717) is 11.3 Å². The molecule has 4 heteroatoms. The van der Waals surface area contributed by atoms with Crippen LogP contribution in [0.3, 0.4) is 0 Å². The Hall–Kier alpha value is -2.36. The molecule has 0 saturated carbocycles. The van der Waals surface area contributed by atoms with E-state index in [1.165, 1.54) is 17.7 Å². The van der Waals surface area contributed by atoms with Crippen LogP contribution in [0.1, 0.15) is 21.5 Å². The number of nitrogens with one attached hydrogen (secondary N) is 2. The first kappa shape index (κ1) is 12.7. The Morgan fingerprint density at radius 2 is 2.10 bits per heavy atom. The van der Waals surface area contributed by atoms with Gasteiger partial charge in [-0.15, -0.1) is 0 Å². The summed E-state index contributed by atoms with van der Waals surface area (Å²) in [5.74, 6) is -0.586. The van der Waals surface area contributed by atoms with Crippen LogP contribution in [0.4, 0.5) is 15.8 Å². The van der Waals surface area contributed by atoms with E-state index in [1.807, 2.05) is 19.1 Å². The zero-order valence-electron chi connectivity index (χ0n) is 11.2. The highest BCUT2D eigenvalue weighted by molar-refractivity contribution is 6.05. The molecule has 3 rings (SSSR count). The van der Waals surface area contributed by atoms with E-state index >= 15 is 0 Å². The second-order valence-corrected chi connectivity index (χ2v) is 4.96. The largest absolute Gasteiger partial charge is 0.384 e. The number of hydrogen-bond donors (Lipinski definition) is 2. The molecule has 3 nitrogen and oxygen atoms in total. The van der Waals surface area contributed by atoms with Crippen LogP contribution < -0.4 is 10.6 Å². The normalized spacial score (nSPS) is 12.7. The van der Waals surface area contributed by atoms with E-state index in [9.17, 15) is 9.18 Å². The second kappa shape index (κ2) is 4.96. The first-order valence-corrected chi connectivity index (χ1v) is 6.58. The lowest BCUT2D eigenvalue weighted by atomic mass is 10.1. The molecule has 2 aromatic rings. The molecule has 2 N–H and O–H groups in total. The molecule has 0 aliphatic carbocycles. The highest BCUT2D eigenvalue weighted by atomic mass is 19.1. The molecule has 0 atom stereocenters. The van der Waals surface area contributed by atoms with Crippen molar-refractivity contribution in [3.05, 3.63) is 58.9 Å². The van der Waals surface area contributed by atoms with E-state index in [0.717, 1.165) is 24.2 Å². The van der Waals surface area contributed by atoms with Crippen LogP contribution in [-0.2, 0) is 6.42 Å². The third-order valence-corrected chi connectivity index (χ3v) is 3.53. The topological polar surface area (TPSA) is 41.1 Å². The van der Waals surface area contributed by atoms with E-state index in [4.69, 9.17) is 0 Å². The molecule has 1 amide bonds. The minimum atomic E-state index is -0.360. The third-order valence-electron chi connectivity index (χ3n) is 3.53. The lowest BCUT2D eigenvalue weighted by Crippen LogP contribution is -2.13. The summed E-state index contributed by atoms with van der Waals surface area (Å²) >= 11 is 0. The zero-order valence-corrected chi connectivity index (χ0v) is 11.2. The molecule has 0 aromatic heterocycles. The zero-order chi connectivity index (χ0) is 14.1. The van der Waals surface area contributed by atoms with Gasteiger partial charge in [-0.25, -0.2) is 4.39 Å². The van der Waals surface area contributed by atoms with Gasteiger partial charge in [-0.05, 0) is 48.7 Å². The van der Waals surface area contributed by atoms with E-state index in [-0.39, 0.29) is 11.7 Å². The van der Waals surface area contributed by atoms with Gasteiger partial charge in [-0.3, -0.25) is 4.79 Å². The summed E-state index contributed by atoms with van der Waals surface area (Å²) in [5, 5.41) is 5.99. The highest BCUT2D eigenvalue weighted by Crippen LogP contribution is 2.24. The number of amides is 1. The van der Waals surface area contributed by atoms with Gasteiger partial charge in [0.05, 0.1) is 0 Å². The number of aryl methyl sites for hydroxylation is 1. The Morgan fingerprint density at radius 1 is 1.25 bits per heavy atom. The molecule has 0 fully saturated rings. The lowest BCUT2D eigenvalue weighted by molar-refractivity contribution is 0.102. The number of hydrogen-bond acceptors (Lipinski definition) is 2. The summed E-state index contributed by atoms with van der Waals surface area (Å²) in [6.07, 6.45) is 0.986. The van der Waals surface area contributed by atoms with Gasteiger partial charge >= 0.3 is 0 Å². The molecule has 1 aliphatic rings. The van der Waals surface area contributed by atoms with Gasteiger partial charge in [0.25, 0.3) is 5.91 Å². The fraction of sp³-hybridized carbons (Fsp3) is 0.188.